The molecule has 2 aromatic rings. The molecule has 9 N–H and O–H groups in total. The number of nitrogens with zero attached hydrogens (tertiary/aromatic N) is 3. The Morgan fingerprint density at radius 2 is 1.49 bits per heavy atom. The summed E-state index contributed by atoms with van der Waals surface area (Å²) in [6, 6.07) is 7.83. The summed E-state index contributed by atoms with van der Waals surface area (Å²) in [7, 11) is 0. The van der Waals surface area contributed by atoms with Gasteiger partial charge in [-0.25, -0.2) is 4.68 Å². The average Bonchev–Trinajstić information content (AvgIpc) is 3.87. The molecule has 0 bridgehead atoms. The Kier molecular flexibility index (Phi) is 15.5. The van der Waals surface area contributed by atoms with E-state index in [9.17, 15) is 45.6 Å². The number of fused-ring (bicyclic) bond motifs is 7. The Morgan fingerprint density at radius 1 is 0.789 bits per heavy atom. The first-order valence-corrected chi connectivity index (χ1v) is 28.5. The maximum absolute atomic E-state index is 14.9. The molecule has 8 aliphatic rings. The Morgan fingerprint density at radius 3 is 2.21 bits per heavy atom. The van der Waals surface area contributed by atoms with Gasteiger partial charge in [-0.3, -0.25) is 4.79 Å². The number of aliphatic hydroxyl groups excluding tert-OH is 8. The first-order valence-electron chi connectivity index (χ1n) is 27.7. The molecule has 7 fully saturated rings. The minimum atomic E-state index is -1.75. The van der Waals surface area contributed by atoms with Gasteiger partial charge < -0.3 is 74.6 Å². The van der Waals surface area contributed by atoms with E-state index in [4.69, 9.17) is 28.4 Å². The van der Waals surface area contributed by atoms with Gasteiger partial charge in [0.05, 0.1) is 49.3 Å². The molecule has 0 spiro atoms. The van der Waals surface area contributed by atoms with Gasteiger partial charge in [-0.2, -0.15) is 0 Å². The molecule has 10 rings (SSSR count). The van der Waals surface area contributed by atoms with Gasteiger partial charge in [0, 0.05) is 4.47 Å². The van der Waals surface area contributed by atoms with Crippen LogP contribution in [0.15, 0.2) is 46.6 Å². The number of hydrogen-bond donors (Lipinski definition) is 9. The molecule has 0 unspecified atom stereocenters. The fraction of sp³-hybridized carbons (Fsp3) is 0.804. The predicted octanol–water partition coefficient (Wildman–Crippen LogP) is 3.95. The molecule has 0 radical (unpaired) electrons. The lowest BCUT2D eigenvalue weighted by Crippen LogP contribution is -2.66. The minimum absolute atomic E-state index is 0.0534. The SMILES string of the molecule is C[C@@H]1O[C@@H](O[C@H]2[C@H](O[C@H]3CC[C@]4(C)[C@H]5CC=C6[C@@H]7CC(C)(C)CC[C@]7(C(=O)NCc7cn(-c8ccccc8Br)nn7)CC[C@@]6(C)[C@]5(C)CC[C@H]4C3(C)C)OC[C@H](O[C@@H]3O[C@H](CO)[C@@H](O)[C@H](O)[C@H]3O)[C@@H]2O)[C@H](O)[C@H](O)[C@H]1O. The number of carbonyl (C=O) groups excluding carboxylic acids is 1. The lowest BCUT2D eigenvalue weighted by molar-refractivity contribution is -0.380. The van der Waals surface area contributed by atoms with Crippen LogP contribution in [0.4, 0.5) is 0 Å². The zero-order chi connectivity index (χ0) is 54.7. The van der Waals surface area contributed by atoms with Crippen molar-refractivity contribution in [3.8, 4) is 5.69 Å². The largest absolute Gasteiger partial charge is 0.394 e. The molecule has 4 saturated carbocycles. The van der Waals surface area contributed by atoms with Crippen molar-refractivity contribution in [3.63, 3.8) is 0 Å². The molecule has 20 heteroatoms. The molecule has 22 atom stereocenters. The van der Waals surface area contributed by atoms with Crippen LogP contribution >= 0.6 is 15.9 Å². The van der Waals surface area contributed by atoms with Crippen LogP contribution in [0.3, 0.4) is 0 Å². The van der Waals surface area contributed by atoms with Gasteiger partial charge in [0.15, 0.2) is 18.9 Å². The maximum atomic E-state index is 14.9. The number of ether oxygens (including phenoxy) is 6. The number of hydrogen-bond acceptors (Lipinski definition) is 17. The molecule has 424 valence electrons. The summed E-state index contributed by atoms with van der Waals surface area (Å²) in [5.74, 6) is 0.779. The molecule has 3 saturated heterocycles. The number of allylic oxidation sites excluding steroid dienone is 2. The van der Waals surface area contributed by atoms with E-state index in [2.05, 4.69) is 86.1 Å². The summed E-state index contributed by atoms with van der Waals surface area (Å²) in [4.78, 5) is 14.9. The van der Waals surface area contributed by atoms with Crippen LogP contribution < -0.4 is 5.32 Å². The van der Waals surface area contributed by atoms with E-state index in [0.29, 0.717) is 24.6 Å². The van der Waals surface area contributed by atoms with Crippen LogP contribution in [0, 0.1) is 50.2 Å². The zero-order valence-electron chi connectivity index (χ0n) is 45.2. The highest BCUT2D eigenvalue weighted by atomic mass is 79.9. The highest BCUT2D eigenvalue weighted by molar-refractivity contribution is 9.10. The summed E-state index contributed by atoms with van der Waals surface area (Å²) >= 11 is 3.62. The summed E-state index contributed by atoms with van der Waals surface area (Å²) < 4.78 is 39.7. The molecule has 76 heavy (non-hydrogen) atoms. The van der Waals surface area contributed by atoms with Gasteiger partial charge in [0.1, 0.15) is 66.7 Å². The van der Waals surface area contributed by atoms with Crippen LogP contribution in [0.2, 0.25) is 0 Å². The number of amides is 1. The summed E-state index contributed by atoms with van der Waals surface area (Å²) in [5.41, 5.74) is 1.90. The number of nitrogens with one attached hydrogen (secondary N) is 1. The molecule has 3 aliphatic heterocycles. The second kappa shape index (κ2) is 20.8. The maximum Gasteiger partial charge on any atom is 0.227 e. The van der Waals surface area contributed by atoms with Crippen molar-refractivity contribution >= 4 is 21.8 Å². The number of aromatic nitrogens is 3. The van der Waals surface area contributed by atoms with E-state index < -0.39 is 110 Å². The number of rotatable bonds is 11. The van der Waals surface area contributed by atoms with Crippen molar-refractivity contribution < 1.29 is 74.1 Å². The molecule has 19 nitrogen and oxygen atoms in total. The Balaban J connectivity index is 0.873. The van der Waals surface area contributed by atoms with Gasteiger partial charge in [0.2, 0.25) is 5.91 Å². The van der Waals surface area contributed by atoms with E-state index in [1.165, 1.54) is 12.5 Å². The standard InChI is InChI=1S/C56H83BrN4O15/c1-28-39(63)42(66)44(68)47(72-28)76-46-41(65)35(74-48-45(69)43(67)40(64)34(26-62)73-48)27-71-49(46)75-38-16-17-53(6)36(52(38,4)5)15-18-55(8)37(53)14-13-30-31-23-51(2,3)19-21-56(31,22-20-54(30,55)7)50(70)58-24-29-25-61(60-59-29)33-12-10-9-11-32(33)57/h9-13,25,28,31,34-49,62-69H,14-24,26-27H2,1-8H3,(H,58,70)/t28-,31-,34+,35-,36-,37+,38-,39-,40+,41-,42+,43-,44+,45+,46+,47-,48-,49-,53-,54+,55+,56-/m0/s1. The van der Waals surface area contributed by atoms with Gasteiger partial charge in [-0.1, -0.05) is 77.5 Å². The van der Waals surface area contributed by atoms with Crippen LogP contribution in [0.1, 0.15) is 125 Å². The van der Waals surface area contributed by atoms with Crippen molar-refractivity contribution in [1.29, 1.82) is 0 Å². The van der Waals surface area contributed by atoms with E-state index in [1.54, 1.807) is 4.68 Å². The van der Waals surface area contributed by atoms with Crippen molar-refractivity contribution in [3.05, 3.63) is 52.3 Å². The van der Waals surface area contributed by atoms with Crippen LogP contribution in [-0.2, 0) is 39.8 Å². The minimum Gasteiger partial charge on any atom is -0.394 e. The van der Waals surface area contributed by atoms with Crippen molar-refractivity contribution in [1.82, 2.24) is 20.3 Å². The number of aliphatic hydroxyl groups is 8. The lowest BCUT2D eigenvalue weighted by atomic mass is 9.33. The van der Waals surface area contributed by atoms with Gasteiger partial charge >= 0.3 is 0 Å². The summed E-state index contributed by atoms with van der Waals surface area (Å²) in [6.45, 7) is 17.6. The summed E-state index contributed by atoms with van der Waals surface area (Å²) in [6.07, 6.45) is -7.81. The fourth-order valence-corrected chi connectivity index (χ4v) is 16.7. The molecular formula is C56H83BrN4O15. The zero-order valence-corrected chi connectivity index (χ0v) is 46.8. The van der Waals surface area contributed by atoms with Crippen molar-refractivity contribution in [2.24, 2.45) is 50.2 Å². The second-order valence-electron chi connectivity index (χ2n) is 26.0. The lowest BCUT2D eigenvalue weighted by Gasteiger charge is -2.71. The first-order chi connectivity index (χ1) is 35.8. The third kappa shape index (κ3) is 9.39. The quantitative estimate of drug-likeness (QED) is 0.114. The fourth-order valence-electron chi connectivity index (χ4n) is 16.3. The highest BCUT2D eigenvalue weighted by Crippen LogP contribution is 2.76. The Hall–Kier alpha value is -2.51. The van der Waals surface area contributed by atoms with E-state index >= 15 is 0 Å². The van der Waals surface area contributed by atoms with Crippen LogP contribution in [0.25, 0.3) is 5.69 Å². The van der Waals surface area contributed by atoms with Gasteiger partial charge in [0.25, 0.3) is 0 Å². The normalized spacial score (nSPS) is 46.8. The third-order valence-electron chi connectivity index (χ3n) is 21.1. The van der Waals surface area contributed by atoms with Crippen molar-refractivity contribution in [2.45, 2.75) is 218 Å². The average molecular weight is 1130 g/mol. The first kappa shape index (κ1) is 56.8. The van der Waals surface area contributed by atoms with Gasteiger partial charge in [-0.05, 0) is 144 Å². The third-order valence-corrected chi connectivity index (χ3v) is 21.7. The topological polar surface area (TPSA) is 277 Å². The number of benzene rings is 1. The number of para-hydroxylation sites is 1. The molecule has 1 amide bonds. The van der Waals surface area contributed by atoms with Crippen LogP contribution in [0.5, 0.6) is 0 Å². The molecule has 4 heterocycles. The van der Waals surface area contributed by atoms with E-state index in [1.807, 2.05) is 30.5 Å². The molecule has 1 aromatic carbocycles. The molecule has 1 aromatic heterocycles. The Bertz CT molecular complexity index is 2460. The monoisotopic (exact) mass is 1130 g/mol. The highest BCUT2D eigenvalue weighted by Gasteiger charge is 2.70. The van der Waals surface area contributed by atoms with E-state index in [-0.39, 0.29) is 46.0 Å². The molecular weight excluding hydrogens is 1050 g/mol. The van der Waals surface area contributed by atoms with Crippen LogP contribution in [-0.4, -0.2) is 167 Å². The Labute approximate surface area is 454 Å². The molecule has 5 aliphatic carbocycles. The smallest absolute Gasteiger partial charge is 0.227 e. The van der Waals surface area contributed by atoms with E-state index in [0.717, 1.165) is 67.9 Å². The second-order valence-corrected chi connectivity index (χ2v) is 26.8. The number of halogens is 1. The predicted molar refractivity (Wildman–Crippen MR) is 276 cm³/mol. The summed E-state index contributed by atoms with van der Waals surface area (Å²) in [5, 5.41) is 98.1. The van der Waals surface area contributed by atoms with Gasteiger partial charge in [-0.15, -0.1) is 5.10 Å². The van der Waals surface area contributed by atoms with Crippen molar-refractivity contribution in [2.75, 3.05) is 13.2 Å². The number of carbonyl (C=O) groups is 1.